The first-order valence-electron chi connectivity index (χ1n) is 14.0. The third-order valence-electron chi connectivity index (χ3n) is 8.48. The summed E-state index contributed by atoms with van der Waals surface area (Å²) in [6.07, 6.45) is 0. The Morgan fingerprint density at radius 3 is 2.21 bits per heavy atom. The van der Waals surface area contributed by atoms with Crippen LogP contribution in [0.5, 0.6) is 0 Å². The van der Waals surface area contributed by atoms with Crippen LogP contribution in [0.25, 0.3) is 74.9 Å². The van der Waals surface area contributed by atoms with Crippen LogP contribution in [0, 0.1) is 0 Å². The molecule has 0 saturated carbocycles. The summed E-state index contributed by atoms with van der Waals surface area (Å²) in [4.78, 5) is 10.7. The highest BCUT2D eigenvalue weighted by Gasteiger charge is 2.30. The van der Waals surface area contributed by atoms with Gasteiger partial charge in [0.25, 0.3) is 0 Å². The van der Waals surface area contributed by atoms with E-state index in [0.29, 0.717) is 0 Å². The minimum atomic E-state index is 0.177. The summed E-state index contributed by atoms with van der Waals surface area (Å²) in [6, 6.07) is 39.4. The van der Waals surface area contributed by atoms with E-state index in [-0.39, 0.29) is 6.00 Å². The Kier molecular flexibility index (Phi) is 5.57. The zero-order valence-corrected chi connectivity index (χ0v) is 25.2. The van der Waals surface area contributed by atoms with Crippen molar-refractivity contribution in [3.05, 3.63) is 115 Å². The molecule has 3 heterocycles. The molecule has 0 atom stereocenters. The lowest BCUT2D eigenvalue weighted by atomic mass is 9.98. The van der Waals surface area contributed by atoms with Crippen LogP contribution in [0.4, 0.5) is 0 Å². The van der Waals surface area contributed by atoms with Gasteiger partial charge < -0.3 is 0 Å². The van der Waals surface area contributed by atoms with E-state index in [1.807, 2.05) is 11.3 Å². The second-order valence-electron chi connectivity index (χ2n) is 10.7. The van der Waals surface area contributed by atoms with Gasteiger partial charge in [-0.15, -0.1) is 22.9 Å². The number of rotatable bonds is 3. The average molecular weight is 608 g/mol. The molecule has 6 heteroatoms. The first kappa shape index (κ1) is 25.1. The van der Waals surface area contributed by atoms with Gasteiger partial charge in [0.05, 0.1) is 21.3 Å². The van der Waals surface area contributed by atoms with Gasteiger partial charge in [0.1, 0.15) is 16.9 Å². The third-order valence-corrected chi connectivity index (χ3v) is 10.9. The molecule has 0 unspecified atom stereocenters. The summed E-state index contributed by atoms with van der Waals surface area (Å²) in [6.45, 7) is 4.14. The van der Waals surface area contributed by atoms with Gasteiger partial charge in [-0.2, -0.15) is 0 Å². The highest BCUT2D eigenvalue weighted by atomic mass is 35.5. The molecule has 3 nitrogen and oxygen atoms in total. The van der Waals surface area contributed by atoms with Gasteiger partial charge in [-0.05, 0) is 52.5 Å². The van der Waals surface area contributed by atoms with Crippen molar-refractivity contribution in [1.82, 2.24) is 4.57 Å². The lowest BCUT2D eigenvalue weighted by Crippen LogP contribution is -2.02. The third kappa shape index (κ3) is 3.50. The standard InChI is InChI=1S/C37H22ClN3S2/c1-39-36(33-26-15-7-9-17-29(26)43-37(33)40-20-38)41-28-16-8-6-14-25(28)31-23-12-4-5-13-24(23)32-27-18-21-10-2-3-11-22(21)19-30(27)42-35(32)34(31)41/h2-19H,1,20H2/b36-33+,40-37+. The molecule has 9 rings (SSSR count). The Balaban J connectivity index is 1.56. The molecular formula is C37H22ClN3S2. The Morgan fingerprint density at radius 2 is 1.42 bits per heavy atom. The highest BCUT2D eigenvalue weighted by Crippen LogP contribution is 2.50. The molecule has 0 saturated heterocycles. The van der Waals surface area contributed by atoms with E-state index in [0.717, 1.165) is 37.9 Å². The maximum Gasteiger partial charge on any atom is 0.147 e. The van der Waals surface area contributed by atoms with Crippen molar-refractivity contribution < 1.29 is 0 Å². The van der Waals surface area contributed by atoms with Crippen LogP contribution in [-0.4, -0.2) is 22.3 Å². The molecular weight excluding hydrogens is 586 g/mol. The van der Waals surface area contributed by atoms with Gasteiger partial charge in [-0.3, -0.25) is 9.56 Å². The minimum absolute atomic E-state index is 0.177. The molecule has 0 amide bonds. The topological polar surface area (TPSA) is 29.6 Å². The molecule has 204 valence electrons. The molecule has 1 aliphatic heterocycles. The molecule has 0 bridgehead atoms. The van der Waals surface area contributed by atoms with Crippen LogP contribution in [0.3, 0.4) is 0 Å². The molecule has 0 spiro atoms. The van der Waals surface area contributed by atoms with Crippen molar-refractivity contribution in [2.24, 2.45) is 9.98 Å². The number of para-hydroxylation sites is 1. The number of thiophene rings is 1. The summed E-state index contributed by atoms with van der Waals surface area (Å²) in [7, 11) is 0. The largest absolute Gasteiger partial charge is 0.292 e. The highest BCUT2D eigenvalue weighted by molar-refractivity contribution is 8.15. The molecule has 43 heavy (non-hydrogen) atoms. The van der Waals surface area contributed by atoms with E-state index in [1.54, 1.807) is 11.8 Å². The predicted octanol–water partition coefficient (Wildman–Crippen LogP) is 11.2. The minimum Gasteiger partial charge on any atom is -0.292 e. The second-order valence-corrected chi connectivity index (χ2v) is 13.0. The van der Waals surface area contributed by atoms with Gasteiger partial charge in [-0.1, -0.05) is 96.7 Å². The molecule has 0 fully saturated rings. The van der Waals surface area contributed by atoms with Crippen LogP contribution in [0.2, 0.25) is 0 Å². The Morgan fingerprint density at radius 1 is 0.744 bits per heavy atom. The normalized spacial score (nSPS) is 15.5. The van der Waals surface area contributed by atoms with Crippen LogP contribution < -0.4 is 0 Å². The fourth-order valence-electron chi connectivity index (χ4n) is 6.76. The summed E-state index contributed by atoms with van der Waals surface area (Å²) in [5.74, 6) is 0.770. The zero-order chi connectivity index (χ0) is 28.7. The average Bonchev–Trinajstić information content (AvgIpc) is 3.71. The van der Waals surface area contributed by atoms with Crippen molar-refractivity contribution in [2.75, 3.05) is 6.00 Å². The van der Waals surface area contributed by atoms with Gasteiger partial charge in [-0.25, -0.2) is 4.99 Å². The van der Waals surface area contributed by atoms with E-state index in [9.17, 15) is 0 Å². The van der Waals surface area contributed by atoms with Gasteiger partial charge in [0.2, 0.25) is 0 Å². The van der Waals surface area contributed by atoms with Crippen LogP contribution in [0.15, 0.2) is 124 Å². The second kappa shape index (κ2) is 9.55. The number of hydrogen-bond acceptors (Lipinski definition) is 4. The molecule has 8 aromatic rings. The monoisotopic (exact) mass is 607 g/mol. The van der Waals surface area contributed by atoms with Crippen molar-refractivity contribution >= 4 is 121 Å². The maximum atomic E-state index is 6.21. The predicted molar refractivity (Wildman–Crippen MR) is 190 cm³/mol. The number of aromatic nitrogens is 1. The fourth-order valence-corrected chi connectivity index (χ4v) is 9.31. The zero-order valence-electron chi connectivity index (χ0n) is 22.8. The van der Waals surface area contributed by atoms with Crippen molar-refractivity contribution in [3.63, 3.8) is 0 Å². The lowest BCUT2D eigenvalue weighted by Gasteiger charge is -2.14. The maximum absolute atomic E-state index is 6.21. The van der Waals surface area contributed by atoms with Gasteiger partial charge >= 0.3 is 0 Å². The number of benzene rings is 6. The van der Waals surface area contributed by atoms with E-state index >= 15 is 0 Å². The Hall–Kier alpha value is -4.42. The summed E-state index contributed by atoms with van der Waals surface area (Å²) < 4.78 is 4.84. The Bertz CT molecular complexity index is 2550. The van der Waals surface area contributed by atoms with Gasteiger partial charge in [0, 0.05) is 36.7 Å². The number of alkyl halides is 1. The molecule has 0 aliphatic carbocycles. The van der Waals surface area contributed by atoms with E-state index in [2.05, 4.69) is 120 Å². The number of nitrogens with zero attached hydrogens (tertiary/aromatic N) is 3. The van der Waals surface area contributed by atoms with Crippen molar-refractivity contribution in [1.29, 1.82) is 0 Å². The van der Waals surface area contributed by atoms with Gasteiger partial charge in [0.15, 0.2) is 0 Å². The summed E-state index contributed by atoms with van der Waals surface area (Å²) in [5.41, 5.74) is 4.30. The number of fused-ring (bicyclic) bond motifs is 12. The molecule has 0 N–H and O–H groups in total. The number of halogens is 1. The Labute approximate surface area is 260 Å². The molecule has 1 aliphatic rings. The smallest absolute Gasteiger partial charge is 0.147 e. The number of aliphatic imine (C=N–C) groups is 2. The quantitative estimate of drug-likeness (QED) is 0.112. The van der Waals surface area contributed by atoms with Crippen LogP contribution in [-0.2, 0) is 0 Å². The summed E-state index contributed by atoms with van der Waals surface area (Å²) in [5, 5.41) is 10.8. The van der Waals surface area contributed by atoms with E-state index in [1.165, 1.54) is 52.5 Å². The molecule has 0 radical (unpaired) electrons. The van der Waals surface area contributed by atoms with E-state index in [4.69, 9.17) is 21.6 Å². The van der Waals surface area contributed by atoms with Crippen LogP contribution >= 0.6 is 34.7 Å². The van der Waals surface area contributed by atoms with Crippen LogP contribution in [0.1, 0.15) is 5.56 Å². The fraction of sp³-hybridized carbons (Fsp3) is 0.0270. The lowest BCUT2D eigenvalue weighted by molar-refractivity contribution is 1.19. The first-order chi connectivity index (χ1) is 21.3. The SMILES string of the molecule is C=N/C(=C1\C(=N/CCl)Sc2ccccc21)n1c2ccccc2c2c3ccccc3c3c4cc5ccccc5cc4sc3c21. The number of thioether (sulfide) groups is 1. The first-order valence-corrected chi connectivity index (χ1v) is 16.2. The van der Waals surface area contributed by atoms with Crippen molar-refractivity contribution in [3.8, 4) is 0 Å². The van der Waals surface area contributed by atoms with Crippen molar-refractivity contribution in [2.45, 2.75) is 4.90 Å². The molecule has 2 aromatic heterocycles. The molecule has 6 aromatic carbocycles. The summed E-state index contributed by atoms with van der Waals surface area (Å²) >= 11 is 9.71. The number of hydrogen-bond donors (Lipinski definition) is 0. The van der Waals surface area contributed by atoms with E-state index < -0.39 is 0 Å².